The van der Waals surface area contributed by atoms with Crippen molar-refractivity contribution in [3.8, 4) is 0 Å². The fraction of sp³-hybridized carbons (Fsp3) is 0.402. The molecule has 0 radical (unpaired) electrons. The van der Waals surface area contributed by atoms with Gasteiger partial charge in [0.15, 0.2) is 0 Å². The Morgan fingerprint density at radius 2 is 0.586 bits per heavy atom. The van der Waals surface area contributed by atoms with Gasteiger partial charge in [-0.3, -0.25) is 26.8 Å². The van der Waals surface area contributed by atoms with Crippen molar-refractivity contribution in [3.63, 3.8) is 0 Å². The highest BCUT2D eigenvalue weighted by Gasteiger charge is 2.39. The summed E-state index contributed by atoms with van der Waals surface area (Å²) >= 11 is 3.43. The minimum atomic E-state index is -3.65. The number of aryl methyl sites for hydroxylation is 3. The van der Waals surface area contributed by atoms with Crippen molar-refractivity contribution < 1.29 is 71.9 Å². The Labute approximate surface area is 693 Å². The number of benzene rings is 8. The molecule has 8 aromatic carbocycles. The summed E-state index contributed by atoms with van der Waals surface area (Å²) in [5, 5.41) is 14.2. The number of hydrogen-bond donors (Lipinski definition) is 4. The van der Waals surface area contributed by atoms with E-state index in [1.54, 1.807) is 66.3 Å². The van der Waals surface area contributed by atoms with Gasteiger partial charge in [0.1, 0.15) is 0 Å². The SMILES string of the molecule is CCCCCCCNC1c2ccccc2N(C)S(=O)(=O)c2cc(Br)ccc21.CCCCCNC1c2ccccc2N(C)S(=O)(=O)c2cc(C)ccc21.CCOC(=O)CCCCNC1c2ccccc2N(C)S(=O)(=O)c2cc(C)ccc21.CCOC(=O)CCCCNC1c2ccccc2N(C)S(=O)(=O)c2cc(C)ccc21.O=C=O.O=C=O. The Balaban J connectivity index is 0.000000209. The number of ether oxygens (including phenoxy) is 2. The van der Waals surface area contributed by atoms with Gasteiger partial charge in [-0.25, -0.2) is 33.7 Å². The molecule has 4 heterocycles. The molecule has 116 heavy (non-hydrogen) atoms. The van der Waals surface area contributed by atoms with Crippen molar-refractivity contribution in [1.82, 2.24) is 21.3 Å². The number of para-hydroxylation sites is 4. The van der Waals surface area contributed by atoms with Gasteiger partial charge in [-0.2, -0.15) is 19.2 Å². The summed E-state index contributed by atoms with van der Waals surface area (Å²) in [6.07, 6.45) is 13.8. The molecular weight excluding hydrogens is 1620 g/mol. The van der Waals surface area contributed by atoms with Gasteiger partial charge in [0, 0.05) is 45.5 Å². The van der Waals surface area contributed by atoms with E-state index in [2.05, 4.69) is 51.0 Å². The first-order valence-corrected chi connectivity index (χ1v) is 45.7. The van der Waals surface area contributed by atoms with Gasteiger partial charge >= 0.3 is 24.2 Å². The lowest BCUT2D eigenvalue weighted by Gasteiger charge is -2.22. The number of nitrogens with one attached hydrogen (secondary N) is 4. The van der Waals surface area contributed by atoms with E-state index in [-0.39, 0.29) is 48.4 Å². The van der Waals surface area contributed by atoms with E-state index in [4.69, 9.17) is 28.7 Å². The van der Waals surface area contributed by atoms with Gasteiger partial charge in [0.05, 0.1) is 79.7 Å². The summed E-state index contributed by atoms with van der Waals surface area (Å²) in [5.41, 5.74) is 12.6. The number of anilines is 4. The number of nitrogens with zero attached hydrogens (tertiary/aromatic N) is 4. The number of rotatable bonds is 26. The minimum Gasteiger partial charge on any atom is -0.466 e. The Kier molecular flexibility index (Phi) is 36.4. The third kappa shape index (κ3) is 23.6. The lowest BCUT2D eigenvalue weighted by molar-refractivity contribution is -0.193. The van der Waals surface area contributed by atoms with Crippen LogP contribution in [-0.2, 0) is 78.3 Å². The molecule has 0 saturated carbocycles. The molecule has 0 amide bonds. The molecule has 0 spiro atoms. The number of sulfonamides is 4. The van der Waals surface area contributed by atoms with Crippen LogP contribution >= 0.6 is 15.9 Å². The van der Waals surface area contributed by atoms with Crippen LogP contribution < -0.4 is 38.5 Å². The molecule has 4 aliphatic rings. The number of carbonyl (C=O) groups is 2. The Bertz CT molecular complexity index is 5020. The first-order valence-electron chi connectivity index (χ1n) is 39.1. The summed E-state index contributed by atoms with van der Waals surface area (Å²) in [6, 6.07) is 52.3. The van der Waals surface area contributed by atoms with Crippen LogP contribution in [0.15, 0.2) is 194 Å². The molecule has 8 aromatic rings. The van der Waals surface area contributed by atoms with Gasteiger partial charge < -0.3 is 30.7 Å². The molecule has 624 valence electrons. The first-order chi connectivity index (χ1) is 55.5. The second-order valence-corrected chi connectivity index (χ2v) is 37.0. The van der Waals surface area contributed by atoms with Crippen LogP contribution in [0.25, 0.3) is 0 Å². The zero-order chi connectivity index (χ0) is 84.9. The molecule has 29 heteroatoms. The number of halogens is 1. The van der Waals surface area contributed by atoms with Crippen LogP contribution in [-0.4, -0.2) is 125 Å². The zero-order valence-electron chi connectivity index (χ0n) is 67.9. The fourth-order valence-corrected chi connectivity index (χ4v) is 21.0. The predicted molar refractivity (Wildman–Crippen MR) is 454 cm³/mol. The van der Waals surface area contributed by atoms with Crippen molar-refractivity contribution in [2.45, 2.75) is 182 Å². The summed E-state index contributed by atoms with van der Waals surface area (Å²) < 4.78 is 122. The third-order valence-corrected chi connectivity index (χ3v) is 28.1. The van der Waals surface area contributed by atoms with E-state index in [1.807, 2.05) is 166 Å². The Morgan fingerprint density at radius 3 is 0.871 bits per heavy atom. The number of unbranched alkanes of at least 4 members (excludes halogenated alkanes) is 8. The molecule has 0 saturated heterocycles. The van der Waals surface area contributed by atoms with Gasteiger partial charge in [-0.05, 0) is 215 Å². The lowest BCUT2D eigenvalue weighted by Crippen LogP contribution is -2.26. The van der Waals surface area contributed by atoms with Crippen LogP contribution in [0.4, 0.5) is 22.7 Å². The number of carbonyl (C=O) groups excluding carboxylic acids is 6. The van der Waals surface area contributed by atoms with Crippen molar-refractivity contribution in [2.75, 3.05) is 84.8 Å². The summed E-state index contributed by atoms with van der Waals surface area (Å²) in [5.74, 6) is -0.360. The highest BCUT2D eigenvalue weighted by Crippen LogP contribution is 2.45. The molecule has 0 aliphatic carbocycles. The zero-order valence-corrected chi connectivity index (χ0v) is 72.8. The average molecular weight is 1730 g/mol. The van der Waals surface area contributed by atoms with Crippen LogP contribution in [0.2, 0.25) is 0 Å². The van der Waals surface area contributed by atoms with E-state index in [1.165, 1.54) is 49.3 Å². The van der Waals surface area contributed by atoms with Crippen LogP contribution in [0.3, 0.4) is 0 Å². The highest BCUT2D eigenvalue weighted by atomic mass is 79.9. The van der Waals surface area contributed by atoms with Crippen LogP contribution in [0.5, 0.6) is 0 Å². The van der Waals surface area contributed by atoms with Gasteiger partial charge in [-0.15, -0.1) is 0 Å². The van der Waals surface area contributed by atoms with Crippen molar-refractivity contribution in [1.29, 1.82) is 0 Å². The van der Waals surface area contributed by atoms with E-state index in [9.17, 15) is 43.3 Å². The molecule has 0 bridgehead atoms. The van der Waals surface area contributed by atoms with Gasteiger partial charge in [0.2, 0.25) is 0 Å². The molecule has 0 aromatic heterocycles. The van der Waals surface area contributed by atoms with Gasteiger partial charge in [-0.1, -0.05) is 184 Å². The standard InChI is InChI=1S/2C22H28N2O4S.C21H27BrN2O2S.C20H26N2O2S.2CO2/c2*1-4-28-21(25)11-7-8-14-23-22-17-9-5-6-10-19(17)24(3)29(26,27)20-15-16(2)12-13-18(20)22;1-3-4-5-6-9-14-23-21-17-10-7-8-11-19(17)24(2)27(25,26)20-15-16(22)12-13-18(20)21;1-4-5-8-13-21-20-16-9-6-7-10-18(16)22(3)25(23,24)19-14-15(2)11-12-17(19)20;2*2-1-3/h2*5-6,9-10,12-13,15,22-23H,4,7-8,11,14H2,1-3H3;7-8,10-13,15,21,23H,3-6,9,14H2,1-2H3;6-7,9-12,14,20-21H,4-5,8,13H2,1-3H3;;. The highest BCUT2D eigenvalue weighted by molar-refractivity contribution is 9.10. The van der Waals surface area contributed by atoms with Gasteiger partial charge in [0.25, 0.3) is 40.1 Å². The summed E-state index contributed by atoms with van der Waals surface area (Å²) in [6.45, 7) is 17.6. The van der Waals surface area contributed by atoms with Crippen molar-refractivity contribution >= 4 is 103 Å². The average Bonchev–Trinajstić information content (AvgIpc) is 1.63. The molecular formula is C87H109BrN8O16S4. The van der Waals surface area contributed by atoms with Crippen molar-refractivity contribution in [3.05, 3.63) is 236 Å². The smallest absolute Gasteiger partial charge is 0.373 e. The van der Waals surface area contributed by atoms with E-state index >= 15 is 0 Å². The number of esters is 2. The maximum absolute atomic E-state index is 13.2. The Hall–Kier alpha value is -9.22. The third-order valence-electron chi connectivity index (χ3n) is 20.3. The minimum absolute atomic E-state index is 0.122. The Morgan fingerprint density at radius 1 is 0.345 bits per heavy atom. The number of fused-ring (bicyclic) bond motifs is 8. The molecule has 24 nitrogen and oxygen atoms in total. The van der Waals surface area contributed by atoms with E-state index < -0.39 is 40.1 Å². The predicted octanol–water partition coefficient (Wildman–Crippen LogP) is 15.2. The molecule has 0 fully saturated rings. The molecule has 4 atom stereocenters. The monoisotopic (exact) mass is 1730 g/mol. The second kappa shape index (κ2) is 44.9. The second-order valence-electron chi connectivity index (χ2n) is 28.3. The largest absolute Gasteiger partial charge is 0.466 e. The summed E-state index contributed by atoms with van der Waals surface area (Å²) in [7, 11) is -8.00. The maximum Gasteiger partial charge on any atom is 0.373 e. The molecule has 4 N–H and O–H groups in total. The van der Waals surface area contributed by atoms with Crippen LogP contribution in [0, 0.1) is 20.8 Å². The topological polar surface area (TPSA) is 319 Å². The molecule has 12 rings (SSSR count). The van der Waals surface area contributed by atoms with E-state index in [0.717, 1.165) is 135 Å². The molecule has 4 aliphatic heterocycles. The van der Waals surface area contributed by atoms with Crippen LogP contribution in [0.1, 0.15) is 203 Å². The summed E-state index contributed by atoms with van der Waals surface area (Å²) in [4.78, 5) is 56.9. The quantitative estimate of drug-likeness (QED) is 0.0289. The molecule has 4 unspecified atom stereocenters. The normalized spacial score (nSPS) is 16.9. The lowest BCUT2D eigenvalue weighted by atomic mass is 9.96. The maximum atomic E-state index is 13.2. The fourth-order valence-electron chi connectivity index (χ4n) is 14.4. The van der Waals surface area contributed by atoms with E-state index in [0.29, 0.717) is 70.1 Å². The first kappa shape index (κ1) is 93.9. The van der Waals surface area contributed by atoms with Crippen molar-refractivity contribution in [2.24, 2.45) is 0 Å². The number of hydrogen-bond acceptors (Lipinski definition) is 20.